The third kappa shape index (κ3) is 1.78. The van der Waals surface area contributed by atoms with Crippen molar-refractivity contribution in [3.05, 3.63) is 19.7 Å². The fourth-order valence-corrected chi connectivity index (χ4v) is 1.10. The minimum Gasteiger partial charge on any atom is -0.382 e. The molecule has 58 valence electrons. The van der Waals surface area contributed by atoms with Crippen molar-refractivity contribution >= 4 is 45.7 Å². The molecule has 0 spiro atoms. The molecule has 0 saturated heterocycles. The molecule has 0 aliphatic heterocycles. The molecule has 1 aromatic heterocycles. The van der Waals surface area contributed by atoms with Crippen LogP contribution in [-0.4, -0.2) is 4.98 Å². The normalized spacial score (nSPS) is 9.64. The summed E-state index contributed by atoms with van der Waals surface area (Å²) in [5, 5.41) is 2.96. The number of halogens is 2. The van der Waals surface area contributed by atoms with E-state index in [0.29, 0.717) is 3.57 Å². The molecular weight excluding hydrogens is 280 g/mol. The molecule has 1 rings (SSSR count). The molecule has 0 atom stereocenters. The number of pyridine rings is 1. The Hall–Kier alpha value is -0.430. The van der Waals surface area contributed by atoms with E-state index in [2.05, 4.69) is 10.2 Å². The van der Waals surface area contributed by atoms with Gasteiger partial charge in [0.15, 0.2) is 11.5 Å². The minimum absolute atomic E-state index is 0.0606. The van der Waals surface area contributed by atoms with Crippen LogP contribution < -0.4 is 5.73 Å². The van der Waals surface area contributed by atoms with Crippen LogP contribution in [0.15, 0.2) is 11.2 Å². The second-order valence-electron chi connectivity index (χ2n) is 1.76. The molecule has 0 saturated carbocycles. The first-order chi connectivity index (χ1) is 5.15. The van der Waals surface area contributed by atoms with E-state index in [9.17, 15) is 4.91 Å². The maximum absolute atomic E-state index is 10.1. The predicted octanol–water partition coefficient (Wildman–Crippen LogP) is 2.32. The smallest absolute Gasteiger partial charge is 0.154 e. The van der Waals surface area contributed by atoms with Crippen molar-refractivity contribution in [2.24, 2.45) is 5.18 Å². The van der Waals surface area contributed by atoms with Crippen LogP contribution >= 0.6 is 34.2 Å². The summed E-state index contributed by atoms with van der Waals surface area (Å²) >= 11 is 7.54. The summed E-state index contributed by atoms with van der Waals surface area (Å²) in [6.07, 6.45) is 0. The van der Waals surface area contributed by atoms with Crippen LogP contribution in [0.3, 0.4) is 0 Å². The Bertz CT molecular complexity index is 304. The zero-order valence-electron chi connectivity index (χ0n) is 5.21. The van der Waals surface area contributed by atoms with Crippen molar-refractivity contribution in [1.29, 1.82) is 0 Å². The van der Waals surface area contributed by atoms with Crippen LogP contribution in [0.5, 0.6) is 0 Å². The Balaban J connectivity index is 3.31. The third-order valence-corrected chi connectivity index (χ3v) is 2.47. The molecule has 0 aliphatic rings. The Labute approximate surface area is 81.3 Å². The first-order valence-electron chi connectivity index (χ1n) is 2.60. The number of nitrogens with zero attached hydrogens (tertiary/aromatic N) is 2. The van der Waals surface area contributed by atoms with Crippen LogP contribution in [0.25, 0.3) is 0 Å². The molecule has 4 nitrogen and oxygen atoms in total. The molecule has 0 bridgehead atoms. The Morgan fingerprint density at radius 2 is 2.36 bits per heavy atom. The number of anilines is 1. The lowest BCUT2D eigenvalue weighted by Gasteiger charge is -1.97. The van der Waals surface area contributed by atoms with Gasteiger partial charge in [0.2, 0.25) is 0 Å². The van der Waals surface area contributed by atoms with Crippen LogP contribution in [0, 0.1) is 8.48 Å². The zero-order chi connectivity index (χ0) is 8.43. The van der Waals surface area contributed by atoms with Crippen LogP contribution in [-0.2, 0) is 0 Å². The molecule has 11 heavy (non-hydrogen) atoms. The summed E-state index contributed by atoms with van der Waals surface area (Å²) < 4.78 is 0.660. The summed E-state index contributed by atoms with van der Waals surface area (Å²) in [6, 6.07) is 1.48. The van der Waals surface area contributed by atoms with E-state index in [-0.39, 0.29) is 16.7 Å². The van der Waals surface area contributed by atoms with E-state index < -0.39 is 0 Å². The number of nitroso groups, excluding NO2 is 1. The van der Waals surface area contributed by atoms with Crippen LogP contribution in [0.2, 0.25) is 5.15 Å². The topological polar surface area (TPSA) is 68.3 Å². The highest BCUT2D eigenvalue weighted by Crippen LogP contribution is 2.26. The molecule has 1 heterocycles. The lowest BCUT2D eigenvalue weighted by molar-refractivity contribution is 1.29. The summed E-state index contributed by atoms with van der Waals surface area (Å²) in [4.78, 5) is 13.8. The van der Waals surface area contributed by atoms with Gasteiger partial charge in [-0.05, 0) is 33.8 Å². The van der Waals surface area contributed by atoms with E-state index in [1.807, 2.05) is 22.6 Å². The minimum atomic E-state index is 0.0606. The average molecular weight is 283 g/mol. The fraction of sp³-hybridized carbons (Fsp3) is 0. The SMILES string of the molecule is Nc1nc(Cl)c(I)cc1N=O. The van der Waals surface area contributed by atoms with Gasteiger partial charge in [-0.25, -0.2) is 4.98 Å². The van der Waals surface area contributed by atoms with E-state index in [0.717, 1.165) is 0 Å². The molecule has 0 unspecified atom stereocenters. The number of aromatic nitrogens is 1. The van der Waals surface area contributed by atoms with E-state index in [1.165, 1.54) is 6.07 Å². The monoisotopic (exact) mass is 283 g/mol. The quantitative estimate of drug-likeness (QED) is 0.488. The van der Waals surface area contributed by atoms with Crippen LogP contribution in [0.4, 0.5) is 11.5 Å². The zero-order valence-corrected chi connectivity index (χ0v) is 8.13. The summed E-state index contributed by atoms with van der Waals surface area (Å²) in [5.41, 5.74) is 5.43. The number of rotatable bonds is 1. The molecule has 0 fully saturated rings. The maximum atomic E-state index is 10.1. The molecule has 0 aromatic carbocycles. The first kappa shape index (κ1) is 8.66. The number of hydrogen-bond donors (Lipinski definition) is 1. The highest BCUT2D eigenvalue weighted by molar-refractivity contribution is 14.1. The largest absolute Gasteiger partial charge is 0.382 e. The van der Waals surface area contributed by atoms with Crippen molar-refractivity contribution in [3.63, 3.8) is 0 Å². The van der Waals surface area contributed by atoms with E-state index in [1.54, 1.807) is 0 Å². The lowest BCUT2D eigenvalue weighted by Crippen LogP contribution is -1.92. The standard InChI is InChI=1S/C5H3ClIN3O/c6-4-2(7)1-3(10-11)5(8)9-4/h1H,(H2,8,9). The summed E-state index contributed by atoms with van der Waals surface area (Å²) in [7, 11) is 0. The highest BCUT2D eigenvalue weighted by Gasteiger charge is 2.05. The van der Waals surface area contributed by atoms with Crippen molar-refractivity contribution in [1.82, 2.24) is 4.98 Å². The summed E-state index contributed by atoms with van der Waals surface area (Å²) in [6.45, 7) is 0. The molecule has 0 radical (unpaired) electrons. The van der Waals surface area contributed by atoms with Gasteiger partial charge in [-0.2, -0.15) is 0 Å². The van der Waals surface area contributed by atoms with Gasteiger partial charge in [-0.3, -0.25) is 0 Å². The van der Waals surface area contributed by atoms with Crippen molar-refractivity contribution < 1.29 is 0 Å². The lowest BCUT2D eigenvalue weighted by atomic mass is 10.4. The van der Waals surface area contributed by atoms with Gasteiger partial charge in [0.25, 0.3) is 0 Å². The predicted molar refractivity (Wildman–Crippen MR) is 51.8 cm³/mol. The second-order valence-corrected chi connectivity index (χ2v) is 3.28. The highest BCUT2D eigenvalue weighted by atomic mass is 127. The number of nitrogens with two attached hydrogens (primary N) is 1. The van der Waals surface area contributed by atoms with Crippen molar-refractivity contribution in [2.45, 2.75) is 0 Å². The molecule has 1 aromatic rings. The Morgan fingerprint density at radius 1 is 1.73 bits per heavy atom. The van der Waals surface area contributed by atoms with Gasteiger partial charge in [-0.15, -0.1) is 4.91 Å². The molecular formula is C5H3ClIN3O. The summed E-state index contributed by atoms with van der Waals surface area (Å²) in [5.74, 6) is 0.0606. The molecule has 0 aliphatic carbocycles. The third-order valence-electron chi connectivity index (χ3n) is 1.04. The van der Waals surface area contributed by atoms with Gasteiger partial charge in [-0.1, -0.05) is 11.6 Å². The first-order valence-corrected chi connectivity index (χ1v) is 4.05. The Kier molecular flexibility index (Phi) is 2.61. The van der Waals surface area contributed by atoms with Gasteiger partial charge < -0.3 is 5.73 Å². The van der Waals surface area contributed by atoms with Gasteiger partial charge >= 0.3 is 0 Å². The fourth-order valence-electron chi connectivity index (χ4n) is 0.543. The van der Waals surface area contributed by atoms with Crippen molar-refractivity contribution in [2.75, 3.05) is 5.73 Å². The average Bonchev–Trinajstić information content (AvgIpc) is 1.97. The van der Waals surface area contributed by atoms with Gasteiger partial charge in [0, 0.05) is 0 Å². The van der Waals surface area contributed by atoms with E-state index >= 15 is 0 Å². The van der Waals surface area contributed by atoms with E-state index in [4.69, 9.17) is 17.3 Å². The second kappa shape index (κ2) is 3.31. The number of hydrogen-bond acceptors (Lipinski definition) is 4. The van der Waals surface area contributed by atoms with Gasteiger partial charge in [0.05, 0.1) is 3.57 Å². The molecule has 2 N–H and O–H groups in total. The van der Waals surface area contributed by atoms with Crippen molar-refractivity contribution in [3.8, 4) is 0 Å². The Morgan fingerprint density at radius 3 is 2.91 bits per heavy atom. The molecule has 6 heteroatoms. The van der Waals surface area contributed by atoms with Gasteiger partial charge in [0.1, 0.15) is 5.15 Å². The number of nitrogen functional groups attached to an aromatic ring is 1. The molecule has 0 amide bonds. The van der Waals surface area contributed by atoms with Crippen LogP contribution in [0.1, 0.15) is 0 Å². The maximum Gasteiger partial charge on any atom is 0.154 e.